The molecule has 0 heterocycles. The van der Waals surface area contributed by atoms with Crippen LogP contribution in [0.3, 0.4) is 0 Å². The summed E-state index contributed by atoms with van der Waals surface area (Å²) in [6, 6.07) is 9.28. The first-order valence-corrected chi connectivity index (χ1v) is 10.5. The average Bonchev–Trinajstić information content (AvgIpc) is 2.63. The van der Waals surface area contributed by atoms with Gasteiger partial charge in [-0.15, -0.1) is 0 Å². The van der Waals surface area contributed by atoms with Crippen molar-refractivity contribution in [2.45, 2.75) is 26.8 Å². The summed E-state index contributed by atoms with van der Waals surface area (Å²) in [5, 5.41) is 2.74. The van der Waals surface area contributed by atoms with Crippen molar-refractivity contribution < 1.29 is 22.7 Å². The zero-order valence-electron chi connectivity index (χ0n) is 16.9. The fourth-order valence-electron chi connectivity index (χ4n) is 2.81. The molecule has 0 saturated heterocycles. The van der Waals surface area contributed by atoms with Crippen molar-refractivity contribution in [2.24, 2.45) is 0 Å². The van der Waals surface area contributed by atoms with Gasteiger partial charge >= 0.3 is 0 Å². The highest BCUT2D eigenvalue weighted by Gasteiger charge is 2.29. The zero-order valence-corrected chi connectivity index (χ0v) is 17.8. The molecule has 7 nitrogen and oxygen atoms in total. The van der Waals surface area contributed by atoms with Crippen LogP contribution in [0, 0.1) is 13.8 Å². The Kier molecular flexibility index (Phi) is 6.56. The number of nitrogens with zero attached hydrogens (tertiary/aromatic N) is 1. The molecule has 0 saturated carbocycles. The number of hydrogen-bond acceptors (Lipinski definition) is 5. The minimum Gasteiger partial charge on any atom is -0.497 e. The molecule has 1 amide bonds. The van der Waals surface area contributed by atoms with Gasteiger partial charge in [0.05, 0.1) is 31.9 Å². The van der Waals surface area contributed by atoms with E-state index in [-0.39, 0.29) is 0 Å². The number of rotatable bonds is 7. The minimum absolute atomic E-state index is 0.414. The molecule has 2 aromatic carbocycles. The minimum atomic E-state index is -3.69. The summed E-state index contributed by atoms with van der Waals surface area (Å²) >= 11 is 0. The van der Waals surface area contributed by atoms with E-state index in [2.05, 4.69) is 5.32 Å². The maximum absolute atomic E-state index is 12.8. The maximum Gasteiger partial charge on any atom is 0.248 e. The molecule has 8 heteroatoms. The third kappa shape index (κ3) is 4.75. The van der Waals surface area contributed by atoms with E-state index in [0.29, 0.717) is 22.9 Å². The Labute approximate surface area is 166 Å². The summed E-state index contributed by atoms with van der Waals surface area (Å²) in [5.41, 5.74) is 2.84. The second-order valence-corrected chi connectivity index (χ2v) is 8.42. The molecule has 0 aliphatic carbocycles. The molecular weight excluding hydrogens is 380 g/mol. The summed E-state index contributed by atoms with van der Waals surface area (Å²) < 4.78 is 36.4. The summed E-state index contributed by atoms with van der Waals surface area (Å²) in [5.74, 6) is 0.514. The molecule has 1 N–H and O–H groups in total. The van der Waals surface area contributed by atoms with Crippen LogP contribution in [0.2, 0.25) is 0 Å². The number of ether oxygens (including phenoxy) is 2. The number of sulfonamides is 1. The van der Waals surface area contributed by atoms with E-state index in [1.54, 1.807) is 37.3 Å². The van der Waals surface area contributed by atoms with Gasteiger partial charge in [0.1, 0.15) is 17.5 Å². The first-order valence-electron chi connectivity index (χ1n) is 8.68. The van der Waals surface area contributed by atoms with Crippen LogP contribution in [0.25, 0.3) is 0 Å². The van der Waals surface area contributed by atoms with Crippen molar-refractivity contribution in [3.8, 4) is 11.5 Å². The second kappa shape index (κ2) is 8.52. The molecule has 0 radical (unpaired) electrons. The molecule has 0 aliphatic heterocycles. The Balaban J connectivity index is 2.36. The van der Waals surface area contributed by atoms with Crippen molar-refractivity contribution in [1.29, 1.82) is 0 Å². The monoisotopic (exact) mass is 406 g/mol. The highest BCUT2D eigenvalue weighted by Crippen LogP contribution is 2.30. The molecule has 0 spiro atoms. The number of carbonyl (C=O) groups is 1. The van der Waals surface area contributed by atoms with Crippen LogP contribution in [0.15, 0.2) is 36.4 Å². The Morgan fingerprint density at radius 1 is 1.04 bits per heavy atom. The smallest absolute Gasteiger partial charge is 0.248 e. The van der Waals surface area contributed by atoms with E-state index in [1.165, 1.54) is 14.2 Å². The lowest BCUT2D eigenvalue weighted by atomic mass is 10.1. The molecule has 0 bridgehead atoms. The number of benzene rings is 2. The van der Waals surface area contributed by atoms with E-state index in [9.17, 15) is 13.2 Å². The first kappa shape index (κ1) is 21.6. The van der Waals surface area contributed by atoms with Crippen molar-refractivity contribution >= 4 is 27.3 Å². The van der Waals surface area contributed by atoms with Gasteiger partial charge in [0.25, 0.3) is 0 Å². The highest BCUT2D eigenvalue weighted by atomic mass is 32.2. The Morgan fingerprint density at radius 3 is 2.25 bits per heavy atom. The van der Waals surface area contributed by atoms with Gasteiger partial charge < -0.3 is 14.8 Å². The standard InChI is InChI=1S/C20H26N2O5S/c1-13-7-8-16(11-14(13)2)22(28(6,24)25)15(3)20(23)21-18-10-9-17(26-4)12-19(18)27-5/h7-12,15H,1-6H3,(H,21,23)/t15-/m0/s1. The molecule has 0 unspecified atom stereocenters. The molecule has 0 aromatic heterocycles. The molecule has 2 aromatic rings. The second-order valence-electron chi connectivity index (χ2n) is 6.56. The lowest BCUT2D eigenvalue weighted by Crippen LogP contribution is -2.45. The largest absolute Gasteiger partial charge is 0.497 e. The SMILES string of the molecule is COc1ccc(NC(=O)[C@H](C)N(c2ccc(C)c(C)c2)S(C)(=O)=O)c(OC)c1. The molecule has 28 heavy (non-hydrogen) atoms. The van der Waals surface area contributed by atoms with Crippen LogP contribution in [-0.4, -0.2) is 40.8 Å². The van der Waals surface area contributed by atoms with Gasteiger partial charge in [-0.3, -0.25) is 9.10 Å². The Hall–Kier alpha value is -2.74. The molecule has 0 aliphatic rings. The zero-order chi connectivity index (χ0) is 21.1. The van der Waals surface area contributed by atoms with Crippen LogP contribution in [0.4, 0.5) is 11.4 Å². The predicted octanol–water partition coefficient (Wildman–Crippen LogP) is 3.11. The van der Waals surface area contributed by atoms with Crippen LogP contribution >= 0.6 is 0 Å². The first-order chi connectivity index (χ1) is 13.1. The molecule has 2 rings (SSSR count). The summed E-state index contributed by atoms with van der Waals surface area (Å²) in [6.07, 6.45) is 1.08. The van der Waals surface area contributed by atoms with Gasteiger partial charge in [-0.1, -0.05) is 6.07 Å². The van der Waals surface area contributed by atoms with Crippen LogP contribution in [0.5, 0.6) is 11.5 Å². The number of amides is 1. The fourth-order valence-corrected chi connectivity index (χ4v) is 3.98. The van der Waals surface area contributed by atoms with Gasteiger partial charge in [-0.2, -0.15) is 0 Å². The van der Waals surface area contributed by atoms with Crippen LogP contribution in [-0.2, 0) is 14.8 Å². The van der Waals surface area contributed by atoms with Gasteiger partial charge in [0.2, 0.25) is 15.9 Å². The quantitative estimate of drug-likeness (QED) is 0.764. The third-order valence-electron chi connectivity index (χ3n) is 4.50. The van der Waals surface area contributed by atoms with Crippen molar-refractivity contribution in [1.82, 2.24) is 0 Å². The fraction of sp³-hybridized carbons (Fsp3) is 0.350. The van der Waals surface area contributed by atoms with Crippen LogP contribution < -0.4 is 19.1 Å². The maximum atomic E-state index is 12.8. The number of carbonyl (C=O) groups excluding carboxylic acids is 1. The molecule has 152 valence electrons. The molecule has 1 atom stereocenters. The van der Waals surface area contributed by atoms with E-state index in [1.807, 2.05) is 19.9 Å². The number of anilines is 2. The summed E-state index contributed by atoms with van der Waals surface area (Å²) in [4.78, 5) is 12.8. The van der Waals surface area contributed by atoms with Gasteiger partial charge in [0, 0.05) is 6.07 Å². The Morgan fingerprint density at radius 2 is 1.71 bits per heavy atom. The van der Waals surface area contributed by atoms with Gasteiger partial charge in [0.15, 0.2) is 0 Å². The van der Waals surface area contributed by atoms with Crippen molar-refractivity contribution in [3.63, 3.8) is 0 Å². The number of methoxy groups -OCH3 is 2. The number of hydrogen-bond donors (Lipinski definition) is 1. The highest BCUT2D eigenvalue weighted by molar-refractivity contribution is 7.92. The normalized spacial score (nSPS) is 12.2. The molecule has 0 fully saturated rings. The van der Waals surface area contributed by atoms with Gasteiger partial charge in [-0.05, 0) is 56.2 Å². The average molecular weight is 407 g/mol. The predicted molar refractivity (Wildman–Crippen MR) is 111 cm³/mol. The summed E-state index contributed by atoms with van der Waals surface area (Å²) in [7, 11) is -0.681. The van der Waals surface area contributed by atoms with Gasteiger partial charge in [-0.25, -0.2) is 8.42 Å². The molecular formula is C20H26N2O5S. The summed E-state index contributed by atoms with van der Waals surface area (Å²) in [6.45, 7) is 5.38. The van der Waals surface area contributed by atoms with E-state index in [0.717, 1.165) is 21.7 Å². The van der Waals surface area contributed by atoms with Crippen molar-refractivity contribution in [2.75, 3.05) is 30.1 Å². The van der Waals surface area contributed by atoms with E-state index < -0.39 is 22.0 Å². The topological polar surface area (TPSA) is 84.9 Å². The van der Waals surface area contributed by atoms with Crippen molar-refractivity contribution in [3.05, 3.63) is 47.5 Å². The lowest BCUT2D eigenvalue weighted by Gasteiger charge is -2.29. The number of nitrogens with one attached hydrogen (secondary N) is 1. The van der Waals surface area contributed by atoms with E-state index in [4.69, 9.17) is 9.47 Å². The van der Waals surface area contributed by atoms with E-state index >= 15 is 0 Å². The van der Waals surface area contributed by atoms with Crippen LogP contribution in [0.1, 0.15) is 18.1 Å². The third-order valence-corrected chi connectivity index (χ3v) is 5.74. The lowest BCUT2D eigenvalue weighted by molar-refractivity contribution is -0.116. The Bertz CT molecular complexity index is 973. The number of aryl methyl sites for hydroxylation is 2.